The molecule has 5 atom stereocenters. The molecule has 6 heteroatoms. The Kier molecular flexibility index (Phi) is 6.41. The molecule has 190 valence electrons. The molecule has 5 nitrogen and oxygen atoms in total. The maximum absolute atomic E-state index is 15.1. The molecule has 2 N–H and O–H groups in total. The highest BCUT2D eigenvalue weighted by Crippen LogP contribution is 2.52. The molecule has 0 spiro atoms. The van der Waals surface area contributed by atoms with Crippen LogP contribution in [0.15, 0.2) is 78.9 Å². The van der Waals surface area contributed by atoms with Gasteiger partial charge in [-0.3, -0.25) is 9.59 Å². The second-order valence-electron chi connectivity index (χ2n) is 10.5. The summed E-state index contributed by atoms with van der Waals surface area (Å²) in [6.07, 6.45) is 4.34. The normalized spacial score (nSPS) is 26.5. The van der Waals surface area contributed by atoms with Crippen molar-refractivity contribution in [3.8, 4) is 0 Å². The van der Waals surface area contributed by atoms with Gasteiger partial charge in [-0.25, -0.2) is 4.39 Å². The minimum atomic E-state index is -0.290. The van der Waals surface area contributed by atoms with E-state index in [1.807, 2.05) is 47.4 Å². The molecule has 2 aliphatic heterocycles. The van der Waals surface area contributed by atoms with E-state index >= 15 is 4.39 Å². The number of rotatable bonds is 4. The number of anilines is 1. The molecule has 0 bridgehead atoms. The van der Waals surface area contributed by atoms with Gasteiger partial charge in [0, 0.05) is 29.6 Å². The van der Waals surface area contributed by atoms with Crippen LogP contribution in [0.2, 0.25) is 0 Å². The number of fused-ring (bicyclic) bond motifs is 3. The molecule has 0 radical (unpaired) electrons. The van der Waals surface area contributed by atoms with E-state index in [0.717, 1.165) is 43.2 Å². The maximum atomic E-state index is 15.1. The Labute approximate surface area is 217 Å². The summed E-state index contributed by atoms with van der Waals surface area (Å²) < 4.78 is 15.1. The summed E-state index contributed by atoms with van der Waals surface area (Å²) in [5.74, 6) is -0.483. The Morgan fingerprint density at radius 2 is 1.59 bits per heavy atom. The van der Waals surface area contributed by atoms with E-state index in [1.54, 1.807) is 18.2 Å². The van der Waals surface area contributed by atoms with Gasteiger partial charge in [0.05, 0.1) is 23.7 Å². The van der Waals surface area contributed by atoms with Crippen LogP contribution < -0.4 is 10.6 Å². The molecule has 1 aliphatic carbocycles. The van der Waals surface area contributed by atoms with Crippen molar-refractivity contribution in [3.05, 3.63) is 101 Å². The van der Waals surface area contributed by atoms with E-state index in [4.69, 9.17) is 0 Å². The molecule has 2 fully saturated rings. The van der Waals surface area contributed by atoms with E-state index in [9.17, 15) is 9.59 Å². The monoisotopic (exact) mass is 497 g/mol. The number of para-hydroxylation sites is 1. The molecule has 2 heterocycles. The molecule has 3 aromatic rings. The van der Waals surface area contributed by atoms with E-state index in [-0.39, 0.29) is 47.6 Å². The molecule has 2 amide bonds. The van der Waals surface area contributed by atoms with Crippen LogP contribution in [0.5, 0.6) is 0 Å². The third-order valence-corrected chi connectivity index (χ3v) is 8.41. The van der Waals surface area contributed by atoms with Gasteiger partial charge in [0.15, 0.2) is 0 Å². The summed E-state index contributed by atoms with van der Waals surface area (Å²) >= 11 is 0. The molecule has 3 aliphatic rings. The Morgan fingerprint density at radius 3 is 2.38 bits per heavy atom. The lowest BCUT2D eigenvalue weighted by molar-refractivity contribution is -0.138. The molecule has 0 aromatic heterocycles. The molecule has 1 saturated carbocycles. The van der Waals surface area contributed by atoms with E-state index in [2.05, 4.69) is 22.8 Å². The number of carbonyl (C=O) groups is 2. The van der Waals surface area contributed by atoms with Crippen LogP contribution in [0.25, 0.3) is 0 Å². The number of halogens is 1. The standard InChI is InChI=1S/C31H32FN3O2/c32-25-16-9-15-23-28(25)34-27(20-10-3-1-4-11-20)24-18-19-35(29(23)24)31(37)22-14-7-8-17-26(22)33-30(36)21-12-5-2-6-13-21/h1-6,9-13,15-16,22,24,26-27,29,34H,7-8,14,17-19H2,(H,33,36)/t22-,24+,26+,27-,29-/m0/s1. The third kappa shape index (κ3) is 4.39. The molecular formula is C31H32FN3O2. The molecule has 6 rings (SSSR count). The first-order chi connectivity index (χ1) is 18.1. The quantitative estimate of drug-likeness (QED) is 0.474. The SMILES string of the molecule is O=C(N[C@@H]1CCCC[C@@H]1C(=O)N1CC[C@@H]2[C@H](c3ccccc3)Nc3c(F)cccc3[C@@H]21)c1ccccc1. The van der Waals surface area contributed by atoms with Gasteiger partial charge < -0.3 is 15.5 Å². The highest BCUT2D eigenvalue weighted by Gasteiger charge is 2.49. The third-order valence-electron chi connectivity index (χ3n) is 8.41. The zero-order valence-corrected chi connectivity index (χ0v) is 20.8. The summed E-state index contributed by atoms with van der Waals surface area (Å²) in [4.78, 5) is 29.1. The van der Waals surface area contributed by atoms with Crippen LogP contribution >= 0.6 is 0 Å². The number of benzene rings is 3. The number of likely N-dealkylation sites (tertiary alicyclic amines) is 1. The lowest BCUT2D eigenvalue weighted by atomic mass is 9.79. The number of hydrogen-bond donors (Lipinski definition) is 2. The van der Waals surface area contributed by atoms with Gasteiger partial charge in [-0.15, -0.1) is 0 Å². The average Bonchev–Trinajstić information content (AvgIpc) is 3.39. The van der Waals surface area contributed by atoms with Gasteiger partial charge in [-0.2, -0.15) is 0 Å². The van der Waals surface area contributed by atoms with Gasteiger partial charge >= 0.3 is 0 Å². The lowest BCUT2D eigenvalue weighted by Crippen LogP contribution is -2.50. The van der Waals surface area contributed by atoms with Crippen molar-refractivity contribution in [2.24, 2.45) is 11.8 Å². The van der Waals surface area contributed by atoms with Crippen molar-refractivity contribution in [3.63, 3.8) is 0 Å². The van der Waals surface area contributed by atoms with E-state index in [1.165, 1.54) is 6.07 Å². The first-order valence-electron chi connectivity index (χ1n) is 13.4. The van der Waals surface area contributed by atoms with Crippen molar-refractivity contribution in [1.82, 2.24) is 10.2 Å². The molecule has 1 saturated heterocycles. The van der Waals surface area contributed by atoms with Gasteiger partial charge in [0.1, 0.15) is 5.82 Å². The molecule has 0 unspecified atom stereocenters. The Bertz CT molecular complexity index is 1280. The largest absolute Gasteiger partial charge is 0.375 e. The number of amides is 2. The fourth-order valence-electron chi connectivity index (χ4n) is 6.66. The van der Waals surface area contributed by atoms with Crippen molar-refractivity contribution >= 4 is 17.5 Å². The van der Waals surface area contributed by atoms with Gasteiger partial charge in [0.2, 0.25) is 5.91 Å². The van der Waals surface area contributed by atoms with Crippen molar-refractivity contribution in [1.29, 1.82) is 0 Å². The number of nitrogens with one attached hydrogen (secondary N) is 2. The van der Waals surface area contributed by atoms with Crippen LogP contribution in [-0.4, -0.2) is 29.3 Å². The number of hydrogen-bond acceptors (Lipinski definition) is 3. The van der Waals surface area contributed by atoms with Crippen LogP contribution in [0.4, 0.5) is 10.1 Å². The van der Waals surface area contributed by atoms with Crippen LogP contribution in [0, 0.1) is 17.7 Å². The maximum Gasteiger partial charge on any atom is 0.251 e. The lowest BCUT2D eigenvalue weighted by Gasteiger charge is -2.42. The minimum absolute atomic E-state index is 0.0756. The summed E-state index contributed by atoms with van der Waals surface area (Å²) in [7, 11) is 0. The second-order valence-corrected chi connectivity index (χ2v) is 10.5. The van der Waals surface area contributed by atoms with Crippen molar-refractivity contribution in [2.45, 2.75) is 50.2 Å². The average molecular weight is 498 g/mol. The highest BCUT2D eigenvalue weighted by molar-refractivity contribution is 5.95. The summed E-state index contributed by atoms with van der Waals surface area (Å²) in [5, 5.41) is 6.64. The summed E-state index contributed by atoms with van der Waals surface area (Å²) in [5.41, 5.74) is 3.05. The topological polar surface area (TPSA) is 61.4 Å². The van der Waals surface area contributed by atoms with Crippen LogP contribution in [0.1, 0.15) is 65.7 Å². The van der Waals surface area contributed by atoms with Gasteiger partial charge in [-0.1, -0.05) is 73.5 Å². The fourth-order valence-corrected chi connectivity index (χ4v) is 6.66. The minimum Gasteiger partial charge on any atom is -0.375 e. The van der Waals surface area contributed by atoms with Crippen LogP contribution in [0.3, 0.4) is 0 Å². The van der Waals surface area contributed by atoms with E-state index < -0.39 is 0 Å². The predicted octanol–water partition coefficient (Wildman–Crippen LogP) is 5.87. The zero-order valence-electron chi connectivity index (χ0n) is 20.8. The summed E-state index contributed by atoms with van der Waals surface area (Å²) in [6, 6.07) is 24.0. The zero-order chi connectivity index (χ0) is 25.4. The second kappa shape index (κ2) is 10.0. The van der Waals surface area contributed by atoms with Gasteiger partial charge in [0.25, 0.3) is 5.91 Å². The molecule has 3 aromatic carbocycles. The first kappa shape index (κ1) is 23.7. The van der Waals surface area contributed by atoms with Crippen molar-refractivity contribution < 1.29 is 14.0 Å². The fraction of sp³-hybridized carbons (Fsp3) is 0.355. The number of carbonyl (C=O) groups excluding carboxylic acids is 2. The van der Waals surface area contributed by atoms with E-state index in [0.29, 0.717) is 17.8 Å². The highest BCUT2D eigenvalue weighted by atomic mass is 19.1. The molecule has 37 heavy (non-hydrogen) atoms. The summed E-state index contributed by atoms with van der Waals surface area (Å²) in [6.45, 7) is 0.630. The Morgan fingerprint density at radius 1 is 0.865 bits per heavy atom. The van der Waals surface area contributed by atoms with Crippen molar-refractivity contribution in [2.75, 3.05) is 11.9 Å². The Balaban J connectivity index is 1.30. The first-order valence-corrected chi connectivity index (χ1v) is 13.4. The smallest absolute Gasteiger partial charge is 0.251 e. The Hall–Kier alpha value is -3.67. The predicted molar refractivity (Wildman–Crippen MR) is 141 cm³/mol. The van der Waals surface area contributed by atoms with Crippen LogP contribution in [-0.2, 0) is 4.79 Å². The van der Waals surface area contributed by atoms with Gasteiger partial charge in [-0.05, 0) is 43.0 Å². The molecular weight excluding hydrogens is 465 g/mol. The number of nitrogens with zero attached hydrogens (tertiary/aromatic N) is 1.